The Hall–Kier alpha value is -1.59. The zero-order valence-corrected chi connectivity index (χ0v) is 13.9. The summed E-state index contributed by atoms with van der Waals surface area (Å²) in [7, 11) is 0. The monoisotopic (exact) mass is 318 g/mol. The molecular formula is C18H26N2O3. The molecule has 0 aromatic heterocycles. The lowest BCUT2D eigenvalue weighted by Crippen LogP contribution is -2.36. The molecule has 2 N–H and O–H groups in total. The molecule has 23 heavy (non-hydrogen) atoms. The SMILES string of the molecule is CC[C@@H]1Oc2cc([C@@H](C)NC[C@H]3CCCOC3)ccc2NC1=O. The van der Waals surface area contributed by atoms with Crippen LogP contribution in [0.15, 0.2) is 18.2 Å². The van der Waals surface area contributed by atoms with Crippen LogP contribution in [0, 0.1) is 5.92 Å². The normalized spacial score (nSPS) is 25.2. The lowest BCUT2D eigenvalue weighted by atomic mass is 10.0. The molecule has 3 rings (SSSR count). The van der Waals surface area contributed by atoms with Gasteiger partial charge in [-0.25, -0.2) is 0 Å². The molecule has 1 aromatic carbocycles. The van der Waals surface area contributed by atoms with Crippen molar-refractivity contribution >= 4 is 11.6 Å². The number of hydrogen-bond donors (Lipinski definition) is 2. The van der Waals surface area contributed by atoms with Crippen molar-refractivity contribution in [3.63, 3.8) is 0 Å². The Kier molecular flexibility index (Phi) is 5.18. The van der Waals surface area contributed by atoms with Gasteiger partial charge in [-0.05, 0) is 49.8 Å². The first-order valence-corrected chi connectivity index (χ1v) is 8.60. The Bertz CT molecular complexity index is 555. The largest absolute Gasteiger partial charge is 0.478 e. The zero-order chi connectivity index (χ0) is 16.2. The topological polar surface area (TPSA) is 59.6 Å². The number of rotatable bonds is 5. The molecule has 1 fully saturated rings. The average Bonchev–Trinajstić information content (AvgIpc) is 2.59. The minimum atomic E-state index is -0.389. The number of benzene rings is 1. The number of carbonyl (C=O) groups excluding carboxylic acids is 1. The van der Waals surface area contributed by atoms with Crippen LogP contribution in [-0.2, 0) is 9.53 Å². The van der Waals surface area contributed by atoms with E-state index in [0.717, 1.165) is 37.6 Å². The van der Waals surface area contributed by atoms with Gasteiger partial charge in [0.2, 0.25) is 0 Å². The van der Waals surface area contributed by atoms with E-state index in [4.69, 9.17) is 9.47 Å². The molecule has 1 aromatic rings. The summed E-state index contributed by atoms with van der Waals surface area (Å²) in [5.74, 6) is 1.31. The summed E-state index contributed by atoms with van der Waals surface area (Å²) in [4.78, 5) is 11.8. The van der Waals surface area contributed by atoms with Gasteiger partial charge in [-0.15, -0.1) is 0 Å². The van der Waals surface area contributed by atoms with Crippen LogP contribution in [0.1, 0.15) is 44.7 Å². The molecular weight excluding hydrogens is 292 g/mol. The molecule has 0 unspecified atom stereocenters. The zero-order valence-electron chi connectivity index (χ0n) is 13.9. The number of hydrogen-bond acceptors (Lipinski definition) is 4. The van der Waals surface area contributed by atoms with Gasteiger partial charge in [0.15, 0.2) is 6.10 Å². The number of carbonyl (C=O) groups is 1. The van der Waals surface area contributed by atoms with Crippen LogP contribution in [0.3, 0.4) is 0 Å². The number of amides is 1. The molecule has 2 heterocycles. The van der Waals surface area contributed by atoms with Crippen LogP contribution in [0.5, 0.6) is 5.75 Å². The summed E-state index contributed by atoms with van der Waals surface area (Å²) in [5, 5.41) is 6.50. The Morgan fingerprint density at radius 1 is 1.43 bits per heavy atom. The summed E-state index contributed by atoms with van der Waals surface area (Å²) >= 11 is 0. The lowest BCUT2D eigenvalue weighted by molar-refractivity contribution is -0.123. The van der Waals surface area contributed by atoms with Gasteiger partial charge in [0, 0.05) is 19.2 Å². The second kappa shape index (κ2) is 7.32. The van der Waals surface area contributed by atoms with E-state index in [1.165, 1.54) is 12.0 Å². The maximum Gasteiger partial charge on any atom is 0.265 e. The Balaban J connectivity index is 1.62. The van der Waals surface area contributed by atoms with E-state index < -0.39 is 0 Å². The highest BCUT2D eigenvalue weighted by atomic mass is 16.5. The number of fused-ring (bicyclic) bond motifs is 1. The Morgan fingerprint density at radius 3 is 3.04 bits per heavy atom. The average molecular weight is 318 g/mol. The summed E-state index contributed by atoms with van der Waals surface area (Å²) in [6, 6.07) is 6.25. The Morgan fingerprint density at radius 2 is 2.30 bits per heavy atom. The second-order valence-electron chi connectivity index (χ2n) is 6.47. The van der Waals surface area contributed by atoms with Crippen LogP contribution in [-0.4, -0.2) is 31.8 Å². The second-order valence-corrected chi connectivity index (χ2v) is 6.47. The summed E-state index contributed by atoms with van der Waals surface area (Å²) in [5.41, 5.74) is 1.93. The highest BCUT2D eigenvalue weighted by molar-refractivity contribution is 5.97. The van der Waals surface area contributed by atoms with Crippen molar-refractivity contribution in [2.24, 2.45) is 5.92 Å². The maximum atomic E-state index is 11.8. The van der Waals surface area contributed by atoms with Crippen molar-refractivity contribution < 1.29 is 14.3 Å². The molecule has 2 aliphatic heterocycles. The van der Waals surface area contributed by atoms with Gasteiger partial charge in [0.1, 0.15) is 5.75 Å². The first-order valence-electron chi connectivity index (χ1n) is 8.60. The van der Waals surface area contributed by atoms with E-state index in [9.17, 15) is 4.79 Å². The fraction of sp³-hybridized carbons (Fsp3) is 0.611. The highest BCUT2D eigenvalue weighted by Gasteiger charge is 2.26. The van der Waals surface area contributed by atoms with E-state index >= 15 is 0 Å². The van der Waals surface area contributed by atoms with Gasteiger partial charge >= 0.3 is 0 Å². The molecule has 5 heteroatoms. The highest BCUT2D eigenvalue weighted by Crippen LogP contribution is 2.33. The van der Waals surface area contributed by atoms with E-state index in [2.05, 4.69) is 17.6 Å². The summed E-state index contributed by atoms with van der Waals surface area (Å²) < 4.78 is 11.3. The van der Waals surface area contributed by atoms with Gasteiger partial charge in [-0.2, -0.15) is 0 Å². The lowest BCUT2D eigenvalue weighted by Gasteiger charge is -2.27. The van der Waals surface area contributed by atoms with Crippen LogP contribution in [0.2, 0.25) is 0 Å². The van der Waals surface area contributed by atoms with Gasteiger partial charge in [0.05, 0.1) is 12.3 Å². The number of ether oxygens (including phenoxy) is 2. The number of anilines is 1. The quantitative estimate of drug-likeness (QED) is 0.876. The predicted molar refractivity (Wildman–Crippen MR) is 89.7 cm³/mol. The third kappa shape index (κ3) is 3.85. The van der Waals surface area contributed by atoms with E-state index in [0.29, 0.717) is 12.3 Å². The van der Waals surface area contributed by atoms with Crippen molar-refractivity contribution in [2.75, 3.05) is 25.1 Å². The maximum absolute atomic E-state index is 11.8. The first-order chi connectivity index (χ1) is 11.2. The summed E-state index contributed by atoms with van der Waals surface area (Å²) in [6.07, 6.45) is 2.67. The third-order valence-electron chi connectivity index (χ3n) is 4.66. The molecule has 5 nitrogen and oxygen atoms in total. The van der Waals surface area contributed by atoms with Crippen LogP contribution < -0.4 is 15.4 Å². The van der Waals surface area contributed by atoms with Crippen molar-refractivity contribution in [3.8, 4) is 5.75 Å². The molecule has 0 radical (unpaired) electrons. The molecule has 1 saturated heterocycles. The predicted octanol–water partition coefficient (Wildman–Crippen LogP) is 2.87. The van der Waals surface area contributed by atoms with Crippen molar-refractivity contribution in [3.05, 3.63) is 23.8 Å². The number of nitrogens with one attached hydrogen (secondary N) is 2. The van der Waals surface area contributed by atoms with Gasteiger partial charge in [-0.3, -0.25) is 4.79 Å². The molecule has 0 aliphatic carbocycles. The molecule has 0 bridgehead atoms. The summed E-state index contributed by atoms with van der Waals surface area (Å²) in [6.45, 7) is 6.84. The van der Waals surface area contributed by atoms with Gasteiger partial charge in [0.25, 0.3) is 5.91 Å². The molecule has 3 atom stereocenters. The molecule has 2 aliphatic rings. The minimum absolute atomic E-state index is 0.0591. The first kappa shape index (κ1) is 16.3. The van der Waals surface area contributed by atoms with E-state index in [1.54, 1.807) is 0 Å². The molecule has 1 amide bonds. The van der Waals surface area contributed by atoms with Crippen molar-refractivity contribution in [2.45, 2.75) is 45.3 Å². The fourth-order valence-corrected chi connectivity index (χ4v) is 3.13. The van der Waals surface area contributed by atoms with Crippen molar-refractivity contribution in [1.82, 2.24) is 5.32 Å². The smallest absolute Gasteiger partial charge is 0.265 e. The third-order valence-corrected chi connectivity index (χ3v) is 4.66. The van der Waals surface area contributed by atoms with E-state index in [1.807, 2.05) is 25.1 Å². The van der Waals surface area contributed by atoms with Crippen molar-refractivity contribution in [1.29, 1.82) is 0 Å². The Labute approximate surface area is 137 Å². The van der Waals surface area contributed by atoms with Crippen LogP contribution in [0.25, 0.3) is 0 Å². The van der Waals surface area contributed by atoms with Crippen LogP contribution in [0.4, 0.5) is 5.69 Å². The molecule has 0 saturated carbocycles. The minimum Gasteiger partial charge on any atom is -0.478 e. The van der Waals surface area contributed by atoms with Gasteiger partial charge in [-0.1, -0.05) is 13.0 Å². The standard InChI is InChI=1S/C18H26N2O3/c1-3-16-18(21)20-15-7-6-14(9-17(15)23-16)12(2)19-10-13-5-4-8-22-11-13/h6-7,9,12-13,16,19H,3-5,8,10-11H2,1-2H3,(H,20,21)/t12-,13-,16+/m1/s1. The molecule has 0 spiro atoms. The van der Waals surface area contributed by atoms with E-state index in [-0.39, 0.29) is 18.1 Å². The van der Waals surface area contributed by atoms with Gasteiger partial charge < -0.3 is 20.1 Å². The molecule has 126 valence electrons. The fourth-order valence-electron chi connectivity index (χ4n) is 3.13. The van der Waals surface area contributed by atoms with Crippen LogP contribution >= 0.6 is 0 Å².